The minimum absolute atomic E-state index is 0.0564. The molecule has 1 amide bonds. The van der Waals surface area contributed by atoms with Gasteiger partial charge in [-0.1, -0.05) is 23.4 Å². The van der Waals surface area contributed by atoms with Gasteiger partial charge in [0.05, 0.1) is 11.4 Å². The molecule has 0 radical (unpaired) electrons. The number of nitrogens with zero attached hydrogens (tertiary/aromatic N) is 4. The second-order valence-electron chi connectivity index (χ2n) is 7.37. The maximum Gasteiger partial charge on any atom is 0.248 e. The number of rotatable bonds is 6. The molecule has 2 heterocycles. The normalized spacial score (nSPS) is 16.5. The van der Waals surface area contributed by atoms with Crippen molar-refractivity contribution in [2.75, 3.05) is 39.8 Å². The number of carbonyl (C=O) groups excluding carboxylic acids is 1. The Bertz CT molecular complexity index is 1130. The van der Waals surface area contributed by atoms with E-state index < -0.39 is 20.0 Å². The first-order valence-corrected chi connectivity index (χ1v) is 12.7. The lowest BCUT2D eigenvalue weighted by Gasteiger charge is -2.24. The van der Waals surface area contributed by atoms with Gasteiger partial charge in [0.1, 0.15) is 10.6 Å². The minimum Gasteiger partial charge on any atom is -0.360 e. The van der Waals surface area contributed by atoms with Crippen LogP contribution in [0.1, 0.15) is 17.9 Å². The zero-order chi connectivity index (χ0) is 22.8. The molecule has 0 aliphatic carbocycles. The summed E-state index contributed by atoms with van der Waals surface area (Å²) in [7, 11) is -6.24. The quantitative estimate of drug-likeness (QED) is 0.613. The first-order chi connectivity index (χ1) is 14.5. The molecule has 0 bridgehead atoms. The van der Waals surface area contributed by atoms with Crippen LogP contribution >= 0.6 is 0 Å². The van der Waals surface area contributed by atoms with Crippen LogP contribution in [0.5, 0.6) is 0 Å². The number of likely N-dealkylation sites (N-methyl/N-ethyl adjacent to an activating group) is 1. The molecular weight excluding hydrogens is 444 g/mol. The predicted molar refractivity (Wildman–Crippen MR) is 112 cm³/mol. The van der Waals surface area contributed by atoms with Gasteiger partial charge in [-0.2, -0.15) is 8.61 Å². The average Bonchev–Trinajstić information content (AvgIpc) is 2.93. The summed E-state index contributed by atoms with van der Waals surface area (Å²) in [6.45, 7) is 3.64. The Morgan fingerprint density at radius 2 is 1.74 bits per heavy atom. The number of benzene rings is 1. The minimum atomic E-state index is -3.80. The summed E-state index contributed by atoms with van der Waals surface area (Å²) >= 11 is 0. The van der Waals surface area contributed by atoms with E-state index in [0.717, 1.165) is 4.31 Å². The van der Waals surface area contributed by atoms with Crippen LogP contribution in [-0.4, -0.2) is 81.2 Å². The summed E-state index contributed by atoms with van der Waals surface area (Å²) in [5.74, 6) is -0.152. The van der Waals surface area contributed by atoms with Gasteiger partial charge in [-0.3, -0.25) is 4.79 Å². The third-order valence-electron chi connectivity index (χ3n) is 5.18. The smallest absolute Gasteiger partial charge is 0.248 e. The van der Waals surface area contributed by atoms with Gasteiger partial charge in [-0.25, -0.2) is 16.8 Å². The summed E-state index contributed by atoms with van der Waals surface area (Å²) in [6.07, 6.45) is 0.434. The molecule has 1 aromatic heterocycles. The summed E-state index contributed by atoms with van der Waals surface area (Å²) < 4.78 is 58.7. The third-order valence-corrected chi connectivity index (χ3v) is 9.14. The van der Waals surface area contributed by atoms with Crippen molar-refractivity contribution in [2.45, 2.75) is 30.1 Å². The Morgan fingerprint density at radius 1 is 1.06 bits per heavy atom. The van der Waals surface area contributed by atoms with Gasteiger partial charge in [-0.05, 0) is 32.4 Å². The number of sulfonamides is 2. The van der Waals surface area contributed by atoms with Crippen molar-refractivity contribution in [3.8, 4) is 0 Å². The Morgan fingerprint density at radius 3 is 2.35 bits per heavy atom. The molecular formula is C19H26N4O6S2. The molecule has 1 saturated heterocycles. The van der Waals surface area contributed by atoms with Crippen LogP contribution in [-0.2, 0) is 24.8 Å². The van der Waals surface area contributed by atoms with Crippen LogP contribution in [0.25, 0.3) is 0 Å². The van der Waals surface area contributed by atoms with Gasteiger partial charge in [0.2, 0.25) is 26.0 Å². The fourth-order valence-corrected chi connectivity index (χ4v) is 6.41. The van der Waals surface area contributed by atoms with E-state index in [9.17, 15) is 21.6 Å². The maximum absolute atomic E-state index is 13.0. The van der Waals surface area contributed by atoms with Crippen molar-refractivity contribution >= 4 is 26.0 Å². The van der Waals surface area contributed by atoms with Crippen molar-refractivity contribution in [1.82, 2.24) is 18.7 Å². The summed E-state index contributed by atoms with van der Waals surface area (Å²) in [5.41, 5.74) is 0.294. The molecule has 1 aliphatic rings. The largest absolute Gasteiger partial charge is 0.360 e. The van der Waals surface area contributed by atoms with E-state index in [2.05, 4.69) is 5.16 Å². The van der Waals surface area contributed by atoms with Crippen molar-refractivity contribution in [3.05, 3.63) is 41.8 Å². The monoisotopic (exact) mass is 470 g/mol. The highest BCUT2D eigenvalue weighted by molar-refractivity contribution is 7.89. The fourth-order valence-electron chi connectivity index (χ4n) is 3.50. The lowest BCUT2D eigenvalue weighted by atomic mass is 10.4. The van der Waals surface area contributed by atoms with Crippen LogP contribution in [0.2, 0.25) is 0 Å². The van der Waals surface area contributed by atoms with Crippen molar-refractivity contribution in [3.63, 3.8) is 0 Å². The van der Waals surface area contributed by atoms with Gasteiger partial charge in [0.25, 0.3) is 0 Å². The van der Waals surface area contributed by atoms with E-state index in [4.69, 9.17) is 4.52 Å². The first kappa shape index (κ1) is 23.4. The van der Waals surface area contributed by atoms with Gasteiger partial charge >= 0.3 is 0 Å². The van der Waals surface area contributed by atoms with Gasteiger partial charge < -0.3 is 9.42 Å². The van der Waals surface area contributed by atoms with E-state index in [-0.39, 0.29) is 47.6 Å². The number of aryl methyl sites for hydroxylation is 2. The molecule has 1 fully saturated rings. The van der Waals surface area contributed by atoms with Gasteiger partial charge in [0, 0.05) is 33.2 Å². The van der Waals surface area contributed by atoms with Crippen LogP contribution in [0, 0.1) is 13.8 Å². The Labute approximate surface area is 182 Å². The van der Waals surface area contributed by atoms with Crippen LogP contribution < -0.4 is 0 Å². The van der Waals surface area contributed by atoms with Crippen LogP contribution in [0.3, 0.4) is 0 Å². The number of aromatic nitrogens is 1. The first-order valence-electron chi connectivity index (χ1n) is 9.77. The number of carbonyl (C=O) groups is 1. The van der Waals surface area contributed by atoms with E-state index >= 15 is 0 Å². The highest BCUT2D eigenvalue weighted by atomic mass is 32.2. The Hall–Kier alpha value is -2.28. The van der Waals surface area contributed by atoms with Crippen LogP contribution in [0.15, 0.2) is 44.6 Å². The molecule has 31 heavy (non-hydrogen) atoms. The average molecular weight is 471 g/mol. The summed E-state index contributed by atoms with van der Waals surface area (Å²) in [4.78, 5) is 14.4. The van der Waals surface area contributed by atoms with Crippen LogP contribution in [0.4, 0.5) is 0 Å². The van der Waals surface area contributed by atoms with Crippen molar-refractivity contribution in [2.24, 2.45) is 0 Å². The van der Waals surface area contributed by atoms with Gasteiger partial charge in [0.15, 0.2) is 5.76 Å². The third kappa shape index (κ3) is 4.81. The van der Waals surface area contributed by atoms with E-state index in [1.54, 1.807) is 32.0 Å². The lowest BCUT2D eigenvalue weighted by Crippen LogP contribution is -2.43. The highest BCUT2D eigenvalue weighted by Crippen LogP contribution is 2.24. The molecule has 12 heteroatoms. The van der Waals surface area contributed by atoms with E-state index in [0.29, 0.717) is 18.7 Å². The molecule has 170 valence electrons. The second-order valence-corrected chi connectivity index (χ2v) is 11.3. The Balaban J connectivity index is 1.67. The number of hydrogen-bond acceptors (Lipinski definition) is 7. The molecule has 1 aliphatic heterocycles. The fraction of sp³-hybridized carbons (Fsp3) is 0.474. The molecule has 0 atom stereocenters. The molecule has 0 N–H and O–H groups in total. The summed E-state index contributed by atoms with van der Waals surface area (Å²) in [6, 6.07) is 7.89. The molecule has 1 aromatic carbocycles. The maximum atomic E-state index is 13.0. The number of amides is 1. The molecule has 0 saturated carbocycles. The van der Waals surface area contributed by atoms with E-state index in [1.807, 2.05) is 0 Å². The van der Waals surface area contributed by atoms with E-state index in [1.165, 1.54) is 28.4 Å². The zero-order valence-electron chi connectivity index (χ0n) is 17.7. The lowest BCUT2D eigenvalue weighted by molar-refractivity contribution is -0.131. The van der Waals surface area contributed by atoms with Gasteiger partial charge in [-0.15, -0.1) is 0 Å². The molecule has 3 rings (SSSR count). The van der Waals surface area contributed by atoms with Crippen molar-refractivity contribution in [1.29, 1.82) is 0 Å². The molecule has 0 unspecified atom stereocenters. The standard InChI is InChI=1S/C19H26N4O6S2/c1-15-19(16(2)29-20-15)31(27,28)23-11-7-10-22(12-13-23)18(24)14-21(3)30(25,26)17-8-5-4-6-9-17/h4-6,8-9H,7,10-14H2,1-3H3. The summed E-state index contributed by atoms with van der Waals surface area (Å²) in [5, 5.41) is 3.72. The second kappa shape index (κ2) is 9.07. The number of hydrogen-bond donors (Lipinski definition) is 0. The highest BCUT2D eigenvalue weighted by Gasteiger charge is 2.33. The predicted octanol–water partition coefficient (Wildman–Crippen LogP) is 0.835. The molecule has 0 spiro atoms. The SMILES string of the molecule is Cc1noc(C)c1S(=O)(=O)N1CCCN(C(=O)CN(C)S(=O)(=O)c2ccccc2)CC1. The molecule has 2 aromatic rings. The van der Waals surface area contributed by atoms with Crippen molar-refractivity contribution < 1.29 is 26.2 Å². The Kier molecular flexibility index (Phi) is 6.84. The topological polar surface area (TPSA) is 121 Å². The molecule has 10 nitrogen and oxygen atoms in total. The zero-order valence-corrected chi connectivity index (χ0v) is 19.3.